The normalized spacial score (nSPS) is 12.4. The Balaban J connectivity index is 2.64. The van der Waals surface area contributed by atoms with Crippen LogP contribution in [0.3, 0.4) is 0 Å². The Bertz CT molecular complexity index is 590. The fourth-order valence-electron chi connectivity index (χ4n) is 2.61. The number of ether oxygens (including phenoxy) is 2. The lowest BCUT2D eigenvalue weighted by atomic mass is 9.86. The molecule has 1 aromatic carbocycles. The summed E-state index contributed by atoms with van der Waals surface area (Å²) in [6.45, 7) is 15.0. The summed E-state index contributed by atoms with van der Waals surface area (Å²) in [7, 11) is 0. The van der Waals surface area contributed by atoms with E-state index in [0.717, 1.165) is 24.2 Å². The maximum absolute atomic E-state index is 11.3. The van der Waals surface area contributed by atoms with Crippen LogP contribution in [0.2, 0.25) is 0 Å². The van der Waals surface area contributed by atoms with Crippen LogP contribution in [0.15, 0.2) is 29.8 Å². The van der Waals surface area contributed by atoms with Gasteiger partial charge in [0.2, 0.25) is 0 Å². The number of allylic oxidation sites excluding steroid dienone is 2. The van der Waals surface area contributed by atoms with Gasteiger partial charge in [-0.2, -0.15) is 0 Å². The Morgan fingerprint density at radius 3 is 2.40 bits per heavy atom. The fourth-order valence-corrected chi connectivity index (χ4v) is 2.61. The highest BCUT2D eigenvalue weighted by Crippen LogP contribution is 2.34. The molecule has 1 atom stereocenters. The smallest absolute Gasteiger partial charge is 0.308 e. The molecule has 1 aromatic rings. The number of esters is 1. The van der Waals surface area contributed by atoms with Gasteiger partial charge in [0, 0.05) is 12.5 Å². The molecule has 0 aliphatic rings. The summed E-state index contributed by atoms with van der Waals surface area (Å²) in [5.74, 6) is 1.78. The van der Waals surface area contributed by atoms with Crippen LogP contribution in [0.4, 0.5) is 0 Å². The van der Waals surface area contributed by atoms with Crippen LogP contribution in [-0.2, 0) is 10.2 Å². The molecule has 0 N–H and O–H groups in total. The van der Waals surface area contributed by atoms with E-state index in [0.29, 0.717) is 18.3 Å². The largest absolute Gasteiger partial charge is 0.494 e. The molecule has 0 spiro atoms. The minimum Gasteiger partial charge on any atom is -0.494 e. The molecule has 0 aliphatic carbocycles. The van der Waals surface area contributed by atoms with Gasteiger partial charge in [-0.05, 0) is 62.6 Å². The zero-order chi connectivity index (χ0) is 19.0. The number of hydrogen-bond donors (Lipinski definition) is 0. The van der Waals surface area contributed by atoms with Crippen molar-refractivity contribution in [3.63, 3.8) is 0 Å². The van der Waals surface area contributed by atoms with Crippen LogP contribution in [0.5, 0.6) is 11.5 Å². The summed E-state index contributed by atoms with van der Waals surface area (Å²) < 4.78 is 11.3. The molecule has 0 aliphatic heterocycles. The predicted molar refractivity (Wildman–Crippen MR) is 104 cm³/mol. The Morgan fingerprint density at radius 2 is 1.84 bits per heavy atom. The topological polar surface area (TPSA) is 35.5 Å². The Labute approximate surface area is 153 Å². The molecule has 3 nitrogen and oxygen atoms in total. The summed E-state index contributed by atoms with van der Waals surface area (Å²) in [4.78, 5) is 11.3. The molecule has 0 saturated heterocycles. The van der Waals surface area contributed by atoms with Gasteiger partial charge in [0.25, 0.3) is 0 Å². The van der Waals surface area contributed by atoms with Crippen LogP contribution < -0.4 is 9.47 Å². The highest BCUT2D eigenvalue weighted by molar-refractivity contribution is 5.70. The number of carbonyl (C=O) groups excluding carboxylic acids is 1. The van der Waals surface area contributed by atoms with Gasteiger partial charge >= 0.3 is 5.97 Å². The molecule has 0 saturated carbocycles. The van der Waals surface area contributed by atoms with E-state index in [1.54, 1.807) is 0 Å². The van der Waals surface area contributed by atoms with Crippen molar-refractivity contribution < 1.29 is 14.3 Å². The first-order chi connectivity index (χ1) is 11.6. The van der Waals surface area contributed by atoms with E-state index in [9.17, 15) is 4.79 Å². The third-order valence-electron chi connectivity index (χ3n) is 4.10. The number of benzene rings is 1. The van der Waals surface area contributed by atoms with Crippen LogP contribution >= 0.6 is 0 Å². The summed E-state index contributed by atoms with van der Waals surface area (Å²) in [6.07, 6.45) is 5.65. The second-order valence-corrected chi connectivity index (χ2v) is 8.10. The van der Waals surface area contributed by atoms with Gasteiger partial charge in [0.15, 0.2) is 0 Å². The second kappa shape index (κ2) is 9.65. The van der Waals surface area contributed by atoms with Crippen LogP contribution in [-0.4, -0.2) is 12.6 Å². The van der Waals surface area contributed by atoms with E-state index in [1.165, 1.54) is 18.9 Å². The van der Waals surface area contributed by atoms with Crippen molar-refractivity contribution in [3.8, 4) is 11.5 Å². The van der Waals surface area contributed by atoms with E-state index in [1.807, 2.05) is 18.2 Å². The molecule has 0 bridgehead atoms. The van der Waals surface area contributed by atoms with Crippen molar-refractivity contribution in [1.82, 2.24) is 0 Å². The first-order valence-corrected chi connectivity index (χ1v) is 9.18. The Morgan fingerprint density at radius 1 is 1.16 bits per heavy atom. The van der Waals surface area contributed by atoms with Crippen LogP contribution in [0, 0.1) is 5.92 Å². The van der Waals surface area contributed by atoms with E-state index in [2.05, 4.69) is 47.6 Å². The van der Waals surface area contributed by atoms with Gasteiger partial charge in [-0.1, -0.05) is 39.3 Å². The summed E-state index contributed by atoms with van der Waals surface area (Å²) in [6, 6.07) is 5.70. The first-order valence-electron chi connectivity index (χ1n) is 9.18. The number of rotatable bonds is 8. The standard InChI is InChI=1S/C22H34O3/c1-16(2)9-8-10-17(3)13-14-24-19-11-12-21(25-18(4)23)20(15-19)22(5,6)7/h9,11-12,15,17H,8,10,13-14H2,1-7H3. The minimum absolute atomic E-state index is 0.123. The lowest BCUT2D eigenvalue weighted by Crippen LogP contribution is -2.15. The molecular weight excluding hydrogens is 312 g/mol. The molecule has 1 rings (SSSR count). The molecule has 0 amide bonds. The van der Waals surface area contributed by atoms with E-state index in [4.69, 9.17) is 9.47 Å². The molecule has 0 fully saturated rings. The summed E-state index contributed by atoms with van der Waals surface area (Å²) >= 11 is 0. The van der Waals surface area contributed by atoms with Crippen molar-refractivity contribution in [2.45, 2.75) is 73.1 Å². The van der Waals surface area contributed by atoms with Gasteiger partial charge in [0.05, 0.1) is 6.61 Å². The quantitative estimate of drug-likeness (QED) is 0.326. The zero-order valence-electron chi connectivity index (χ0n) is 16.9. The van der Waals surface area contributed by atoms with Crippen molar-refractivity contribution in [3.05, 3.63) is 35.4 Å². The van der Waals surface area contributed by atoms with Gasteiger partial charge in [-0.3, -0.25) is 4.79 Å². The second-order valence-electron chi connectivity index (χ2n) is 8.10. The predicted octanol–water partition coefficient (Wildman–Crippen LogP) is 6.06. The summed E-state index contributed by atoms with van der Waals surface area (Å²) in [5.41, 5.74) is 2.24. The highest BCUT2D eigenvalue weighted by Gasteiger charge is 2.21. The Hall–Kier alpha value is -1.77. The lowest BCUT2D eigenvalue weighted by molar-refractivity contribution is -0.131. The fraction of sp³-hybridized carbons (Fsp3) is 0.591. The van der Waals surface area contributed by atoms with Crippen molar-refractivity contribution in [1.29, 1.82) is 0 Å². The van der Waals surface area contributed by atoms with Crippen LogP contribution in [0.1, 0.15) is 73.3 Å². The minimum atomic E-state index is -0.302. The average Bonchev–Trinajstić information content (AvgIpc) is 2.46. The highest BCUT2D eigenvalue weighted by atomic mass is 16.5. The van der Waals surface area contributed by atoms with Gasteiger partial charge in [-0.15, -0.1) is 0 Å². The molecule has 3 heteroatoms. The van der Waals surface area contributed by atoms with Gasteiger partial charge in [0.1, 0.15) is 11.5 Å². The molecule has 0 aromatic heterocycles. The SMILES string of the molecule is CC(=O)Oc1ccc(OCCC(C)CCC=C(C)C)cc1C(C)(C)C. The molecule has 0 radical (unpaired) electrons. The van der Waals surface area contributed by atoms with Gasteiger partial charge < -0.3 is 9.47 Å². The molecule has 25 heavy (non-hydrogen) atoms. The molecule has 140 valence electrons. The maximum atomic E-state index is 11.3. The first kappa shape index (κ1) is 21.3. The monoisotopic (exact) mass is 346 g/mol. The van der Waals surface area contributed by atoms with Crippen molar-refractivity contribution >= 4 is 5.97 Å². The number of carbonyl (C=O) groups is 1. The zero-order valence-corrected chi connectivity index (χ0v) is 16.9. The third kappa shape index (κ3) is 8.24. The van der Waals surface area contributed by atoms with Crippen molar-refractivity contribution in [2.75, 3.05) is 6.61 Å². The van der Waals surface area contributed by atoms with E-state index in [-0.39, 0.29) is 11.4 Å². The molecule has 0 heterocycles. The van der Waals surface area contributed by atoms with Crippen LogP contribution in [0.25, 0.3) is 0 Å². The maximum Gasteiger partial charge on any atom is 0.308 e. The lowest BCUT2D eigenvalue weighted by Gasteiger charge is -2.23. The average molecular weight is 347 g/mol. The van der Waals surface area contributed by atoms with Gasteiger partial charge in [-0.25, -0.2) is 0 Å². The number of hydrogen-bond acceptors (Lipinski definition) is 3. The van der Waals surface area contributed by atoms with E-state index < -0.39 is 0 Å². The molecular formula is C22H34O3. The Kier molecular flexibility index (Phi) is 8.21. The summed E-state index contributed by atoms with van der Waals surface area (Å²) in [5, 5.41) is 0. The molecule has 1 unspecified atom stereocenters. The van der Waals surface area contributed by atoms with E-state index >= 15 is 0 Å². The third-order valence-corrected chi connectivity index (χ3v) is 4.10. The van der Waals surface area contributed by atoms with Crippen molar-refractivity contribution in [2.24, 2.45) is 5.92 Å².